The molecule has 0 saturated heterocycles. The van der Waals surface area contributed by atoms with Gasteiger partial charge in [0.15, 0.2) is 5.78 Å². The highest BCUT2D eigenvalue weighted by Crippen LogP contribution is 2.26. The normalized spacial score (nSPS) is 19.2. The van der Waals surface area contributed by atoms with Gasteiger partial charge in [0, 0.05) is 32.7 Å². The van der Waals surface area contributed by atoms with Crippen LogP contribution in [0.1, 0.15) is 28.4 Å². The number of carboxylic acids is 1. The van der Waals surface area contributed by atoms with E-state index >= 15 is 0 Å². The monoisotopic (exact) mass is 238 g/mol. The molecule has 0 aromatic carbocycles. The van der Waals surface area contributed by atoms with Gasteiger partial charge < -0.3 is 14.4 Å². The first-order chi connectivity index (χ1) is 8.04. The van der Waals surface area contributed by atoms with E-state index in [1.165, 1.54) is 0 Å². The van der Waals surface area contributed by atoms with Crippen molar-refractivity contribution >= 4 is 11.8 Å². The average Bonchev–Trinajstić information content (AvgIpc) is 2.58. The number of carbonyl (C=O) groups excluding carboxylic acids is 1. The molecule has 0 amide bonds. The zero-order valence-electron chi connectivity index (χ0n) is 9.77. The molecule has 6 nitrogen and oxygen atoms in total. The van der Waals surface area contributed by atoms with Crippen molar-refractivity contribution in [1.82, 2.24) is 9.55 Å². The number of nitrogens with zero attached hydrogens (tertiary/aromatic N) is 2. The number of carboxylic acid groups (broad SMARTS) is 1. The second-order valence-electron chi connectivity index (χ2n) is 4.18. The number of imidazole rings is 1. The van der Waals surface area contributed by atoms with Gasteiger partial charge in [0.2, 0.25) is 0 Å². The molecule has 1 heterocycles. The number of methoxy groups -OCH3 is 1. The Labute approximate surface area is 98.2 Å². The maximum Gasteiger partial charge on any atom is 0.307 e. The molecule has 1 aliphatic rings. The largest absolute Gasteiger partial charge is 0.481 e. The smallest absolute Gasteiger partial charge is 0.307 e. The van der Waals surface area contributed by atoms with Gasteiger partial charge in [0.05, 0.1) is 5.92 Å². The van der Waals surface area contributed by atoms with Crippen LogP contribution in [0.15, 0.2) is 0 Å². The third kappa shape index (κ3) is 1.95. The first-order valence-corrected chi connectivity index (χ1v) is 5.34. The van der Waals surface area contributed by atoms with E-state index in [0.717, 1.165) is 0 Å². The second kappa shape index (κ2) is 4.29. The minimum atomic E-state index is -0.932. The van der Waals surface area contributed by atoms with E-state index in [9.17, 15) is 9.59 Å². The Balaban J connectivity index is 2.39. The van der Waals surface area contributed by atoms with Gasteiger partial charge in [-0.3, -0.25) is 9.59 Å². The van der Waals surface area contributed by atoms with Gasteiger partial charge in [-0.2, -0.15) is 0 Å². The number of ketones is 1. The fourth-order valence-corrected chi connectivity index (χ4v) is 2.10. The molecule has 1 atom stereocenters. The summed E-state index contributed by atoms with van der Waals surface area (Å²) in [5.41, 5.74) is 1.10. The van der Waals surface area contributed by atoms with Crippen LogP contribution in [-0.2, 0) is 29.6 Å². The van der Waals surface area contributed by atoms with Crippen LogP contribution in [0.5, 0.6) is 0 Å². The molecule has 1 unspecified atom stereocenters. The predicted octanol–water partition coefficient (Wildman–Crippen LogP) is 0.396. The minimum Gasteiger partial charge on any atom is -0.481 e. The van der Waals surface area contributed by atoms with Gasteiger partial charge in [-0.05, 0) is 0 Å². The topological polar surface area (TPSA) is 81.4 Å². The van der Waals surface area contributed by atoms with Gasteiger partial charge in [0.25, 0.3) is 0 Å². The molecule has 6 heteroatoms. The van der Waals surface area contributed by atoms with Crippen molar-refractivity contribution < 1.29 is 19.4 Å². The summed E-state index contributed by atoms with van der Waals surface area (Å²) < 4.78 is 6.74. The average molecular weight is 238 g/mol. The van der Waals surface area contributed by atoms with E-state index in [0.29, 0.717) is 30.2 Å². The summed E-state index contributed by atoms with van der Waals surface area (Å²) in [5.74, 6) is -1.12. The van der Waals surface area contributed by atoms with Crippen LogP contribution in [0, 0.1) is 5.92 Å². The minimum absolute atomic E-state index is 0.0335. The summed E-state index contributed by atoms with van der Waals surface area (Å²) in [6.45, 7) is 0.314. The zero-order valence-corrected chi connectivity index (χ0v) is 9.77. The van der Waals surface area contributed by atoms with Crippen molar-refractivity contribution in [2.45, 2.75) is 19.4 Å². The molecule has 0 fully saturated rings. The maximum absolute atomic E-state index is 11.8. The van der Waals surface area contributed by atoms with Gasteiger partial charge in [0.1, 0.15) is 18.1 Å². The van der Waals surface area contributed by atoms with E-state index in [1.54, 1.807) is 18.7 Å². The number of fused-ring (bicyclic) bond motifs is 1. The van der Waals surface area contributed by atoms with Crippen LogP contribution in [-0.4, -0.2) is 33.5 Å². The highest BCUT2D eigenvalue weighted by Gasteiger charge is 2.33. The number of hydrogen-bond donors (Lipinski definition) is 1. The molecular formula is C11H14N2O4. The molecule has 1 aromatic rings. The summed E-state index contributed by atoms with van der Waals surface area (Å²) in [4.78, 5) is 26.9. The lowest BCUT2D eigenvalue weighted by Gasteiger charge is -2.17. The molecule has 92 valence electrons. The van der Waals surface area contributed by atoms with E-state index in [-0.39, 0.29) is 12.2 Å². The van der Waals surface area contributed by atoms with E-state index in [1.807, 2.05) is 0 Å². The van der Waals surface area contributed by atoms with Crippen LogP contribution >= 0.6 is 0 Å². The molecule has 1 aliphatic carbocycles. The lowest BCUT2D eigenvalue weighted by Crippen LogP contribution is -2.27. The van der Waals surface area contributed by atoms with Crippen molar-refractivity contribution in [3.63, 3.8) is 0 Å². The molecule has 0 saturated carbocycles. The molecule has 0 bridgehead atoms. The summed E-state index contributed by atoms with van der Waals surface area (Å²) in [6.07, 6.45) is 0.384. The predicted molar refractivity (Wildman–Crippen MR) is 57.7 cm³/mol. The van der Waals surface area contributed by atoms with Gasteiger partial charge in [-0.25, -0.2) is 4.98 Å². The lowest BCUT2D eigenvalue weighted by atomic mass is 9.89. The number of Topliss-reactive ketones (excluding diaryl/α,β-unsaturated/α-hetero) is 1. The number of hydrogen-bond acceptors (Lipinski definition) is 4. The van der Waals surface area contributed by atoms with Crippen molar-refractivity contribution in [1.29, 1.82) is 0 Å². The number of ether oxygens (including phenoxy) is 1. The quantitative estimate of drug-likeness (QED) is 0.824. The Morgan fingerprint density at radius 2 is 2.29 bits per heavy atom. The standard InChI is InChI=1S/C11H14N2O4/c1-13-7-3-6(11(15)16)4-8(14)10(7)12-9(13)5-17-2/h6H,3-5H2,1-2H3,(H,15,16). The third-order valence-electron chi connectivity index (χ3n) is 3.06. The molecule has 1 aromatic heterocycles. The van der Waals surface area contributed by atoms with Crippen LogP contribution < -0.4 is 0 Å². The second-order valence-corrected chi connectivity index (χ2v) is 4.18. The number of aliphatic carboxylic acids is 1. The Bertz CT molecular complexity index is 478. The summed E-state index contributed by atoms with van der Waals surface area (Å²) in [5, 5.41) is 8.98. The van der Waals surface area contributed by atoms with E-state index < -0.39 is 11.9 Å². The maximum atomic E-state index is 11.8. The molecule has 2 rings (SSSR count). The summed E-state index contributed by atoms with van der Waals surface area (Å²) >= 11 is 0. The Kier molecular flexibility index (Phi) is 2.97. The van der Waals surface area contributed by atoms with Crippen molar-refractivity contribution in [2.75, 3.05) is 7.11 Å². The number of rotatable bonds is 3. The fraction of sp³-hybridized carbons (Fsp3) is 0.545. The van der Waals surface area contributed by atoms with Crippen molar-refractivity contribution in [3.8, 4) is 0 Å². The SMILES string of the molecule is COCc1nc2c(n1C)CC(C(=O)O)CC2=O. The highest BCUT2D eigenvalue weighted by molar-refractivity contribution is 5.99. The van der Waals surface area contributed by atoms with Gasteiger partial charge in [-0.1, -0.05) is 0 Å². The third-order valence-corrected chi connectivity index (χ3v) is 3.06. The van der Waals surface area contributed by atoms with E-state index in [2.05, 4.69) is 4.98 Å². The van der Waals surface area contributed by atoms with Crippen molar-refractivity contribution in [3.05, 3.63) is 17.2 Å². The Morgan fingerprint density at radius 3 is 2.88 bits per heavy atom. The Morgan fingerprint density at radius 1 is 1.59 bits per heavy atom. The molecule has 1 N–H and O–H groups in total. The molecule has 0 spiro atoms. The molecule has 17 heavy (non-hydrogen) atoms. The number of carbonyl (C=O) groups is 2. The Hall–Kier alpha value is -1.69. The first-order valence-electron chi connectivity index (χ1n) is 5.34. The zero-order chi connectivity index (χ0) is 12.6. The van der Waals surface area contributed by atoms with Crippen LogP contribution in [0.3, 0.4) is 0 Å². The van der Waals surface area contributed by atoms with Gasteiger partial charge in [-0.15, -0.1) is 0 Å². The lowest BCUT2D eigenvalue weighted by molar-refractivity contribution is -0.141. The summed E-state index contributed by atoms with van der Waals surface area (Å²) in [7, 11) is 3.33. The van der Waals surface area contributed by atoms with Crippen LogP contribution in [0.2, 0.25) is 0 Å². The first kappa shape index (κ1) is 11.8. The van der Waals surface area contributed by atoms with Crippen molar-refractivity contribution in [2.24, 2.45) is 13.0 Å². The number of aromatic nitrogens is 2. The fourth-order valence-electron chi connectivity index (χ4n) is 2.10. The van der Waals surface area contributed by atoms with E-state index in [4.69, 9.17) is 9.84 Å². The molecule has 0 aliphatic heterocycles. The van der Waals surface area contributed by atoms with Crippen LogP contribution in [0.25, 0.3) is 0 Å². The highest BCUT2D eigenvalue weighted by atomic mass is 16.5. The van der Waals surface area contributed by atoms with Crippen LogP contribution in [0.4, 0.5) is 0 Å². The summed E-state index contributed by atoms with van der Waals surface area (Å²) in [6, 6.07) is 0. The molecule has 0 radical (unpaired) electrons. The van der Waals surface area contributed by atoms with Gasteiger partial charge >= 0.3 is 5.97 Å². The molecular weight excluding hydrogens is 224 g/mol.